The van der Waals surface area contributed by atoms with Crippen molar-refractivity contribution in [2.24, 2.45) is 5.73 Å². The number of rotatable bonds is 4. The van der Waals surface area contributed by atoms with Crippen LogP contribution in [0.3, 0.4) is 0 Å². The lowest BCUT2D eigenvalue weighted by atomic mass is 10.0. The molecule has 2 atom stereocenters. The summed E-state index contributed by atoms with van der Waals surface area (Å²) in [5.74, 6) is 2.14. The summed E-state index contributed by atoms with van der Waals surface area (Å²) >= 11 is 0. The predicted molar refractivity (Wildman–Crippen MR) is 79.2 cm³/mol. The van der Waals surface area contributed by atoms with Crippen molar-refractivity contribution in [1.82, 2.24) is 0 Å². The van der Waals surface area contributed by atoms with Gasteiger partial charge in [-0.2, -0.15) is 0 Å². The predicted octanol–water partition coefficient (Wildman–Crippen LogP) is 3.26. The van der Waals surface area contributed by atoms with Gasteiger partial charge in [-0.05, 0) is 30.7 Å². The largest absolute Gasteiger partial charge is 0.493 e. The summed E-state index contributed by atoms with van der Waals surface area (Å²) in [6, 6.07) is 16.1. The van der Waals surface area contributed by atoms with Crippen molar-refractivity contribution in [3.05, 3.63) is 59.7 Å². The Kier molecular flexibility index (Phi) is 3.61. The second kappa shape index (κ2) is 5.55. The minimum absolute atomic E-state index is 0.0223. The number of hydrogen-bond donors (Lipinski definition) is 1. The van der Waals surface area contributed by atoms with E-state index in [1.165, 1.54) is 5.56 Å². The lowest BCUT2D eigenvalue weighted by molar-refractivity contribution is 0.248. The Balaban J connectivity index is 1.67. The van der Waals surface area contributed by atoms with Gasteiger partial charge in [0.15, 0.2) is 0 Å². The first kappa shape index (κ1) is 13.0. The molecule has 0 fully saturated rings. The third-order valence-electron chi connectivity index (χ3n) is 3.63. The second-order valence-corrected chi connectivity index (χ2v) is 5.22. The highest BCUT2D eigenvalue weighted by atomic mass is 16.5. The van der Waals surface area contributed by atoms with E-state index in [1.807, 2.05) is 49.4 Å². The summed E-state index contributed by atoms with van der Waals surface area (Å²) in [7, 11) is 0. The molecule has 0 spiro atoms. The SMILES string of the molecule is CC(N)c1cccc(OCC2COc3ccccc32)c1. The Morgan fingerprint density at radius 3 is 2.95 bits per heavy atom. The van der Waals surface area contributed by atoms with Crippen LogP contribution in [0.5, 0.6) is 11.5 Å². The highest BCUT2D eigenvalue weighted by Gasteiger charge is 2.24. The summed E-state index contributed by atoms with van der Waals surface area (Å²) < 4.78 is 11.6. The van der Waals surface area contributed by atoms with Crippen molar-refractivity contribution in [1.29, 1.82) is 0 Å². The van der Waals surface area contributed by atoms with Gasteiger partial charge in [-0.3, -0.25) is 0 Å². The number of benzene rings is 2. The van der Waals surface area contributed by atoms with Crippen molar-refractivity contribution < 1.29 is 9.47 Å². The third-order valence-corrected chi connectivity index (χ3v) is 3.63. The molecule has 3 nitrogen and oxygen atoms in total. The maximum Gasteiger partial charge on any atom is 0.123 e. The zero-order chi connectivity index (χ0) is 13.9. The normalized spacial score (nSPS) is 18.2. The number of fused-ring (bicyclic) bond motifs is 1. The van der Waals surface area contributed by atoms with Crippen LogP contribution >= 0.6 is 0 Å². The van der Waals surface area contributed by atoms with Crippen molar-refractivity contribution in [2.75, 3.05) is 13.2 Å². The summed E-state index contributed by atoms with van der Waals surface area (Å²) in [5.41, 5.74) is 8.21. The van der Waals surface area contributed by atoms with Gasteiger partial charge in [0.25, 0.3) is 0 Å². The van der Waals surface area contributed by atoms with Gasteiger partial charge in [-0.15, -0.1) is 0 Å². The van der Waals surface area contributed by atoms with Gasteiger partial charge in [-0.1, -0.05) is 30.3 Å². The minimum atomic E-state index is 0.0223. The summed E-state index contributed by atoms with van der Waals surface area (Å²) in [5, 5.41) is 0. The smallest absolute Gasteiger partial charge is 0.123 e. The molecule has 104 valence electrons. The summed E-state index contributed by atoms with van der Waals surface area (Å²) in [4.78, 5) is 0. The molecule has 0 saturated carbocycles. The number of hydrogen-bond acceptors (Lipinski definition) is 3. The maximum atomic E-state index is 5.90. The Morgan fingerprint density at radius 2 is 2.10 bits per heavy atom. The Bertz CT molecular complexity index is 595. The zero-order valence-corrected chi connectivity index (χ0v) is 11.6. The molecule has 0 aliphatic carbocycles. The van der Waals surface area contributed by atoms with Crippen LogP contribution in [-0.2, 0) is 0 Å². The van der Waals surface area contributed by atoms with E-state index < -0.39 is 0 Å². The third kappa shape index (κ3) is 2.63. The fourth-order valence-electron chi connectivity index (χ4n) is 2.45. The van der Waals surface area contributed by atoms with Gasteiger partial charge in [0.1, 0.15) is 11.5 Å². The zero-order valence-electron chi connectivity index (χ0n) is 11.6. The van der Waals surface area contributed by atoms with E-state index in [1.54, 1.807) is 0 Å². The van der Waals surface area contributed by atoms with Crippen LogP contribution in [0.15, 0.2) is 48.5 Å². The van der Waals surface area contributed by atoms with Crippen molar-refractivity contribution in [2.45, 2.75) is 18.9 Å². The molecule has 0 bridgehead atoms. The lowest BCUT2D eigenvalue weighted by Gasteiger charge is -2.13. The first-order valence-electron chi connectivity index (χ1n) is 6.94. The van der Waals surface area contributed by atoms with Gasteiger partial charge in [-0.25, -0.2) is 0 Å². The Hall–Kier alpha value is -2.00. The average molecular weight is 269 g/mol. The van der Waals surface area contributed by atoms with Crippen LogP contribution in [0.2, 0.25) is 0 Å². The van der Waals surface area contributed by atoms with Crippen molar-refractivity contribution in [3.63, 3.8) is 0 Å². The molecule has 3 rings (SSSR count). The molecule has 1 heterocycles. The highest BCUT2D eigenvalue weighted by Crippen LogP contribution is 2.33. The molecule has 2 unspecified atom stereocenters. The first-order chi connectivity index (χ1) is 9.74. The molecule has 2 aromatic rings. The monoisotopic (exact) mass is 269 g/mol. The molecule has 1 aliphatic heterocycles. The second-order valence-electron chi connectivity index (χ2n) is 5.22. The van der Waals surface area contributed by atoms with E-state index in [-0.39, 0.29) is 6.04 Å². The van der Waals surface area contributed by atoms with Gasteiger partial charge in [0.2, 0.25) is 0 Å². The van der Waals surface area contributed by atoms with E-state index in [0.29, 0.717) is 19.1 Å². The van der Waals surface area contributed by atoms with Crippen LogP contribution in [-0.4, -0.2) is 13.2 Å². The summed E-state index contributed by atoms with van der Waals surface area (Å²) in [6.45, 7) is 3.28. The van der Waals surface area contributed by atoms with E-state index in [4.69, 9.17) is 15.2 Å². The topological polar surface area (TPSA) is 44.5 Å². The van der Waals surface area contributed by atoms with Crippen molar-refractivity contribution >= 4 is 0 Å². The van der Waals surface area contributed by atoms with Gasteiger partial charge in [0, 0.05) is 11.6 Å². The fourth-order valence-corrected chi connectivity index (χ4v) is 2.45. The number of ether oxygens (including phenoxy) is 2. The molecule has 3 heteroatoms. The standard InChI is InChI=1S/C17H19NO2/c1-12(18)13-5-4-6-15(9-13)19-10-14-11-20-17-8-3-2-7-16(14)17/h2-9,12,14H,10-11,18H2,1H3. The number of para-hydroxylation sites is 1. The van der Waals surface area contributed by atoms with E-state index >= 15 is 0 Å². The maximum absolute atomic E-state index is 5.90. The van der Waals surface area contributed by atoms with Crippen molar-refractivity contribution in [3.8, 4) is 11.5 Å². The molecule has 2 aromatic carbocycles. The molecular formula is C17H19NO2. The molecule has 0 radical (unpaired) electrons. The molecule has 0 amide bonds. The Labute approximate surface area is 119 Å². The van der Waals surface area contributed by atoms with Gasteiger partial charge < -0.3 is 15.2 Å². The van der Waals surface area contributed by atoms with E-state index in [0.717, 1.165) is 17.1 Å². The first-order valence-corrected chi connectivity index (χ1v) is 6.94. The molecule has 0 saturated heterocycles. The molecule has 20 heavy (non-hydrogen) atoms. The summed E-state index contributed by atoms with van der Waals surface area (Å²) in [6.07, 6.45) is 0. The quantitative estimate of drug-likeness (QED) is 0.926. The van der Waals surface area contributed by atoms with Crippen LogP contribution in [0.4, 0.5) is 0 Å². The van der Waals surface area contributed by atoms with Gasteiger partial charge >= 0.3 is 0 Å². The fraction of sp³-hybridized carbons (Fsp3) is 0.294. The number of nitrogens with two attached hydrogens (primary N) is 1. The van der Waals surface area contributed by atoms with Crippen LogP contribution in [0.25, 0.3) is 0 Å². The highest BCUT2D eigenvalue weighted by molar-refractivity contribution is 5.40. The van der Waals surface area contributed by atoms with Crippen LogP contribution < -0.4 is 15.2 Å². The molecule has 2 N–H and O–H groups in total. The lowest BCUT2D eigenvalue weighted by Crippen LogP contribution is -2.12. The van der Waals surface area contributed by atoms with Gasteiger partial charge in [0.05, 0.1) is 19.1 Å². The molecule has 0 aromatic heterocycles. The Morgan fingerprint density at radius 1 is 1.25 bits per heavy atom. The van der Waals surface area contributed by atoms with E-state index in [2.05, 4.69) is 6.07 Å². The van der Waals surface area contributed by atoms with Crippen LogP contribution in [0, 0.1) is 0 Å². The molecular weight excluding hydrogens is 250 g/mol. The van der Waals surface area contributed by atoms with Crippen LogP contribution in [0.1, 0.15) is 30.0 Å². The van der Waals surface area contributed by atoms with E-state index in [9.17, 15) is 0 Å². The minimum Gasteiger partial charge on any atom is -0.493 e. The molecule has 1 aliphatic rings. The average Bonchev–Trinajstić information content (AvgIpc) is 2.89.